The Morgan fingerprint density at radius 3 is 2.50 bits per heavy atom. The van der Waals surface area contributed by atoms with E-state index in [0.717, 1.165) is 11.1 Å². The second-order valence-electron chi connectivity index (χ2n) is 6.62. The van der Waals surface area contributed by atoms with Crippen LogP contribution in [0.5, 0.6) is 0 Å². The zero-order valence-corrected chi connectivity index (χ0v) is 14.1. The summed E-state index contributed by atoms with van der Waals surface area (Å²) in [5.41, 5.74) is 7.27. The number of hydrogen-bond donors (Lipinski definition) is 4. The fourth-order valence-electron chi connectivity index (χ4n) is 2.21. The number of carbonyl (C=O) groups is 2. The first-order valence-corrected chi connectivity index (χ1v) is 7.68. The molecule has 0 aromatic heterocycles. The molecule has 2 rings (SSSR count). The standard InChI is InChI=1S/C17H23N3O4/c1-17(2,3)24-16(23)20-9-11-6-4-5-10(7-11)8-19-13-12(18)14(21)15(13)22/h4-7,15,19,22H,8-9,18H2,1-3H3,(H,20,23). The number of aliphatic hydroxyl groups excluding tert-OH is 1. The van der Waals surface area contributed by atoms with Gasteiger partial charge in [-0.1, -0.05) is 24.3 Å². The van der Waals surface area contributed by atoms with Gasteiger partial charge in [-0.25, -0.2) is 4.79 Å². The molecule has 130 valence electrons. The van der Waals surface area contributed by atoms with E-state index in [1.54, 1.807) is 20.8 Å². The maximum atomic E-state index is 11.7. The fraction of sp³-hybridized carbons (Fsp3) is 0.412. The maximum Gasteiger partial charge on any atom is 0.407 e. The number of ether oxygens (including phenoxy) is 1. The third-order valence-electron chi connectivity index (χ3n) is 3.39. The third-order valence-corrected chi connectivity index (χ3v) is 3.39. The molecule has 0 saturated heterocycles. The second-order valence-corrected chi connectivity index (χ2v) is 6.62. The van der Waals surface area contributed by atoms with E-state index >= 15 is 0 Å². The Morgan fingerprint density at radius 2 is 1.92 bits per heavy atom. The van der Waals surface area contributed by atoms with Crippen LogP contribution in [0.3, 0.4) is 0 Å². The van der Waals surface area contributed by atoms with Crippen molar-refractivity contribution in [3.63, 3.8) is 0 Å². The molecule has 1 unspecified atom stereocenters. The van der Waals surface area contributed by atoms with Crippen LogP contribution in [0.25, 0.3) is 0 Å². The number of amides is 1. The summed E-state index contributed by atoms with van der Waals surface area (Å²) in [5.74, 6) is -0.451. The van der Waals surface area contributed by atoms with Crippen LogP contribution in [-0.2, 0) is 22.6 Å². The van der Waals surface area contributed by atoms with E-state index in [9.17, 15) is 14.7 Å². The number of carbonyl (C=O) groups excluding carboxylic acids is 2. The van der Waals surface area contributed by atoms with Crippen LogP contribution in [0.15, 0.2) is 35.7 Å². The number of benzene rings is 1. The number of ketones is 1. The van der Waals surface area contributed by atoms with E-state index in [0.29, 0.717) is 18.8 Å². The molecule has 0 radical (unpaired) electrons. The predicted molar refractivity (Wildman–Crippen MR) is 88.6 cm³/mol. The molecular weight excluding hydrogens is 310 g/mol. The number of alkyl carbamates (subject to hydrolysis) is 1. The zero-order chi connectivity index (χ0) is 17.9. The average Bonchev–Trinajstić information content (AvgIpc) is 2.51. The van der Waals surface area contributed by atoms with Crippen LogP contribution in [0, 0.1) is 0 Å². The molecule has 24 heavy (non-hydrogen) atoms. The van der Waals surface area contributed by atoms with Gasteiger partial charge in [0.2, 0.25) is 5.78 Å². The highest BCUT2D eigenvalue weighted by molar-refractivity contribution is 6.07. The Bertz CT molecular complexity index is 677. The average molecular weight is 333 g/mol. The van der Waals surface area contributed by atoms with Crippen LogP contribution in [-0.4, -0.2) is 28.7 Å². The Labute approximate surface area is 140 Å². The van der Waals surface area contributed by atoms with Crippen molar-refractivity contribution in [3.05, 3.63) is 46.8 Å². The molecule has 1 aromatic carbocycles. The molecule has 1 aromatic rings. The molecule has 0 bridgehead atoms. The lowest BCUT2D eigenvalue weighted by Gasteiger charge is -2.26. The predicted octanol–water partition coefficient (Wildman–Crippen LogP) is 0.915. The van der Waals surface area contributed by atoms with Gasteiger partial charge in [0.05, 0.1) is 5.70 Å². The largest absolute Gasteiger partial charge is 0.444 e. The lowest BCUT2D eigenvalue weighted by atomic mass is 9.95. The Kier molecular flexibility index (Phi) is 5.14. The molecule has 0 spiro atoms. The van der Waals surface area contributed by atoms with Crippen molar-refractivity contribution >= 4 is 11.9 Å². The smallest absolute Gasteiger partial charge is 0.407 e. The number of hydrogen-bond acceptors (Lipinski definition) is 6. The summed E-state index contributed by atoms with van der Waals surface area (Å²) < 4.78 is 5.18. The fourth-order valence-corrected chi connectivity index (χ4v) is 2.21. The highest BCUT2D eigenvalue weighted by atomic mass is 16.6. The minimum atomic E-state index is -1.15. The van der Waals surface area contributed by atoms with Gasteiger partial charge in [-0.3, -0.25) is 4.79 Å². The number of aliphatic hydroxyl groups is 1. The molecule has 1 amide bonds. The molecule has 1 atom stereocenters. The van der Waals surface area contributed by atoms with E-state index in [1.165, 1.54) is 0 Å². The normalized spacial score (nSPS) is 17.3. The molecule has 0 aliphatic heterocycles. The summed E-state index contributed by atoms with van der Waals surface area (Å²) in [4.78, 5) is 22.8. The van der Waals surface area contributed by atoms with Gasteiger partial charge >= 0.3 is 6.09 Å². The van der Waals surface area contributed by atoms with E-state index in [1.807, 2.05) is 24.3 Å². The number of Topliss-reactive ketones (excluding diaryl/α,β-unsaturated/α-hetero) is 1. The maximum absolute atomic E-state index is 11.7. The first kappa shape index (κ1) is 17.8. The quantitative estimate of drug-likeness (QED) is 0.637. The van der Waals surface area contributed by atoms with Gasteiger partial charge in [0, 0.05) is 13.1 Å². The molecule has 0 heterocycles. The van der Waals surface area contributed by atoms with Crippen LogP contribution >= 0.6 is 0 Å². The number of nitrogens with one attached hydrogen (secondary N) is 2. The van der Waals surface area contributed by atoms with Gasteiger partial charge in [-0.05, 0) is 31.9 Å². The van der Waals surface area contributed by atoms with Gasteiger partial charge < -0.3 is 26.2 Å². The van der Waals surface area contributed by atoms with Crippen LogP contribution in [0.4, 0.5) is 4.79 Å². The summed E-state index contributed by atoms with van der Waals surface area (Å²) in [6, 6.07) is 7.56. The van der Waals surface area contributed by atoms with Crippen molar-refractivity contribution < 1.29 is 19.4 Å². The zero-order valence-electron chi connectivity index (χ0n) is 14.1. The molecule has 1 aliphatic rings. The van der Waals surface area contributed by atoms with Crippen molar-refractivity contribution in [3.8, 4) is 0 Å². The van der Waals surface area contributed by atoms with Crippen LogP contribution in [0.1, 0.15) is 31.9 Å². The third kappa shape index (κ3) is 4.48. The SMILES string of the molecule is CC(C)(C)OC(=O)NCc1cccc(CNC2=C(N)C(=O)C2O)c1. The van der Waals surface area contributed by atoms with Crippen LogP contribution < -0.4 is 16.4 Å². The molecular formula is C17H23N3O4. The van der Waals surface area contributed by atoms with E-state index in [-0.39, 0.29) is 5.70 Å². The minimum Gasteiger partial charge on any atom is -0.444 e. The van der Waals surface area contributed by atoms with Gasteiger partial charge in [0.15, 0.2) is 6.10 Å². The van der Waals surface area contributed by atoms with Crippen molar-refractivity contribution in [2.45, 2.75) is 45.6 Å². The Morgan fingerprint density at radius 1 is 1.29 bits per heavy atom. The number of rotatable bonds is 5. The van der Waals surface area contributed by atoms with Gasteiger partial charge in [-0.15, -0.1) is 0 Å². The lowest BCUT2D eigenvalue weighted by molar-refractivity contribution is -0.124. The minimum absolute atomic E-state index is 0.0743. The number of nitrogens with two attached hydrogens (primary N) is 1. The molecule has 0 saturated carbocycles. The van der Waals surface area contributed by atoms with Crippen molar-refractivity contribution in [1.82, 2.24) is 10.6 Å². The highest BCUT2D eigenvalue weighted by Crippen LogP contribution is 2.18. The Balaban J connectivity index is 1.88. The van der Waals surface area contributed by atoms with E-state index in [4.69, 9.17) is 10.5 Å². The Hall–Kier alpha value is -2.54. The van der Waals surface area contributed by atoms with Crippen molar-refractivity contribution in [2.24, 2.45) is 5.73 Å². The molecule has 0 fully saturated rings. The molecule has 7 heteroatoms. The molecule has 5 N–H and O–H groups in total. The van der Waals surface area contributed by atoms with E-state index in [2.05, 4.69) is 10.6 Å². The second kappa shape index (κ2) is 6.92. The summed E-state index contributed by atoms with van der Waals surface area (Å²) in [6.45, 7) is 6.17. The summed E-state index contributed by atoms with van der Waals surface area (Å²) in [6.07, 6.45) is -1.62. The molecule has 7 nitrogen and oxygen atoms in total. The van der Waals surface area contributed by atoms with Crippen molar-refractivity contribution in [1.29, 1.82) is 0 Å². The topological polar surface area (TPSA) is 114 Å². The first-order chi connectivity index (χ1) is 11.2. The first-order valence-electron chi connectivity index (χ1n) is 7.68. The van der Waals surface area contributed by atoms with Crippen molar-refractivity contribution in [2.75, 3.05) is 0 Å². The summed E-state index contributed by atoms with van der Waals surface area (Å²) in [7, 11) is 0. The van der Waals surface area contributed by atoms with Gasteiger partial charge in [-0.2, -0.15) is 0 Å². The van der Waals surface area contributed by atoms with Gasteiger partial charge in [0.1, 0.15) is 11.3 Å². The van der Waals surface area contributed by atoms with Gasteiger partial charge in [0.25, 0.3) is 0 Å². The van der Waals surface area contributed by atoms with E-state index < -0.39 is 23.6 Å². The monoisotopic (exact) mass is 333 g/mol. The van der Waals surface area contributed by atoms with Crippen LogP contribution in [0.2, 0.25) is 0 Å². The summed E-state index contributed by atoms with van der Waals surface area (Å²) >= 11 is 0. The summed E-state index contributed by atoms with van der Waals surface area (Å²) in [5, 5.41) is 15.2. The molecule has 1 aliphatic carbocycles. The highest BCUT2D eigenvalue weighted by Gasteiger charge is 2.35. The lowest BCUT2D eigenvalue weighted by Crippen LogP contribution is -2.46.